The van der Waals surface area contributed by atoms with Crippen LogP contribution < -0.4 is 14.3 Å². The number of benzene rings is 2. The molecular weight excluding hydrogens is 383 g/mol. The highest BCUT2D eigenvalue weighted by Gasteiger charge is 2.18. The molecule has 8 heteroatoms. The molecule has 3 aromatic rings. The van der Waals surface area contributed by atoms with Gasteiger partial charge < -0.3 is 14.0 Å². The minimum atomic E-state index is -0.460. The Morgan fingerprint density at radius 3 is 2.40 bits per heavy atom. The maximum atomic E-state index is 12.8. The number of carbonyl (C=O) groups is 1. The third kappa shape index (κ3) is 3.25. The van der Waals surface area contributed by atoms with Crippen LogP contribution in [0.1, 0.15) is 10.4 Å². The summed E-state index contributed by atoms with van der Waals surface area (Å²) in [6.07, 6.45) is 0. The smallest absolute Gasteiger partial charge is 0.287 e. The van der Waals surface area contributed by atoms with E-state index in [1.807, 2.05) is 0 Å². The molecule has 0 saturated carbocycles. The molecule has 0 radical (unpaired) electrons. The monoisotopic (exact) mass is 396 g/mol. The Kier molecular flexibility index (Phi) is 5.03. The Balaban J connectivity index is 2.20. The highest BCUT2D eigenvalue weighted by molar-refractivity contribution is 7.16. The predicted octanol–water partition coefficient (Wildman–Crippen LogP) is 4.30. The summed E-state index contributed by atoms with van der Waals surface area (Å²) in [5.41, 5.74) is 1.05. The van der Waals surface area contributed by atoms with Crippen LogP contribution in [0.15, 0.2) is 35.3 Å². The van der Waals surface area contributed by atoms with Crippen LogP contribution in [-0.2, 0) is 7.05 Å². The van der Waals surface area contributed by atoms with E-state index in [0.29, 0.717) is 26.3 Å². The van der Waals surface area contributed by atoms with Crippen LogP contribution in [0.2, 0.25) is 10.0 Å². The molecule has 0 atom stereocenters. The molecule has 130 valence electrons. The van der Waals surface area contributed by atoms with Gasteiger partial charge in [0.05, 0.1) is 29.5 Å². The molecule has 0 aliphatic carbocycles. The lowest BCUT2D eigenvalue weighted by atomic mass is 10.1. The van der Waals surface area contributed by atoms with Gasteiger partial charge in [-0.15, -0.1) is 0 Å². The molecular formula is C17H14Cl2N2O3S. The van der Waals surface area contributed by atoms with Gasteiger partial charge in [-0.3, -0.25) is 4.79 Å². The number of methoxy groups -OCH3 is 2. The first-order valence-corrected chi connectivity index (χ1v) is 8.78. The van der Waals surface area contributed by atoms with Crippen molar-refractivity contribution in [3.8, 4) is 11.5 Å². The van der Waals surface area contributed by atoms with Gasteiger partial charge in [0.25, 0.3) is 5.91 Å². The van der Waals surface area contributed by atoms with Gasteiger partial charge in [0.1, 0.15) is 17.1 Å². The normalized spacial score (nSPS) is 11.8. The van der Waals surface area contributed by atoms with Crippen molar-refractivity contribution in [1.82, 2.24) is 4.57 Å². The minimum absolute atomic E-state index is 0.272. The summed E-state index contributed by atoms with van der Waals surface area (Å²) in [6, 6.07) is 8.57. The van der Waals surface area contributed by atoms with E-state index < -0.39 is 5.91 Å². The molecule has 25 heavy (non-hydrogen) atoms. The lowest BCUT2D eigenvalue weighted by molar-refractivity contribution is 0.0992. The molecule has 5 nitrogen and oxygen atoms in total. The number of ether oxygens (including phenoxy) is 2. The maximum absolute atomic E-state index is 12.8. The zero-order valence-corrected chi connectivity index (χ0v) is 16.0. The molecule has 0 N–H and O–H groups in total. The number of carbonyl (C=O) groups excluding carboxylic acids is 1. The first-order valence-electron chi connectivity index (χ1n) is 7.21. The van der Waals surface area contributed by atoms with Gasteiger partial charge in [0, 0.05) is 12.1 Å². The number of aromatic nitrogens is 1. The van der Waals surface area contributed by atoms with Gasteiger partial charge in [-0.05, 0) is 24.3 Å². The number of halogens is 2. The van der Waals surface area contributed by atoms with Gasteiger partial charge in [0.2, 0.25) is 0 Å². The zero-order valence-electron chi connectivity index (χ0n) is 13.7. The van der Waals surface area contributed by atoms with Crippen molar-refractivity contribution in [1.29, 1.82) is 0 Å². The number of thiazole rings is 1. The van der Waals surface area contributed by atoms with Crippen molar-refractivity contribution in [2.45, 2.75) is 0 Å². The lowest BCUT2D eigenvalue weighted by Crippen LogP contribution is -2.14. The average molecular weight is 397 g/mol. The van der Waals surface area contributed by atoms with E-state index in [1.54, 1.807) is 41.9 Å². The van der Waals surface area contributed by atoms with Crippen LogP contribution in [0.5, 0.6) is 11.5 Å². The van der Waals surface area contributed by atoms with Crippen LogP contribution in [-0.4, -0.2) is 24.7 Å². The van der Waals surface area contributed by atoms with E-state index in [-0.39, 0.29) is 5.56 Å². The van der Waals surface area contributed by atoms with Crippen LogP contribution >= 0.6 is 34.5 Å². The predicted molar refractivity (Wildman–Crippen MR) is 100 cm³/mol. The number of nitrogens with zero attached hydrogens (tertiary/aromatic N) is 2. The maximum Gasteiger partial charge on any atom is 0.287 e. The largest absolute Gasteiger partial charge is 0.496 e. The van der Waals surface area contributed by atoms with Gasteiger partial charge in [0.15, 0.2) is 4.80 Å². The molecule has 1 heterocycles. The highest BCUT2D eigenvalue weighted by Crippen LogP contribution is 2.30. The van der Waals surface area contributed by atoms with Crippen LogP contribution in [0.4, 0.5) is 0 Å². The number of aryl methyl sites for hydroxylation is 1. The van der Waals surface area contributed by atoms with Crippen LogP contribution in [0, 0.1) is 0 Å². The molecule has 1 aromatic heterocycles. The molecule has 0 aliphatic heterocycles. The molecule has 3 rings (SSSR count). The van der Waals surface area contributed by atoms with Crippen molar-refractivity contribution in [3.05, 3.63) is 50.7 Å². The minimum Gasteiger partial charge on any atom is -0.496 e. The Morgan fingerprint density at radius 2 is 1.80 bits per heavy atom. The topological polar surface area (TPSA) is 52.8 Å². The summed E-state index contributed by atoms with van der Waals surface area (Å²) >= 11 is 13.6. The second-order valence-electron chi connectivity index (χ2n) is 5.13. The van der Waals surface area contributed by atoms with Crippen molar-refractivity contribution in [2.24, 2.45) is 12.0 Å². The number of rotatable bonds is 3. The molecule has 2 aromatic carbocycles. The van der Waals surface area contributed by atoms with Crippen molar-refractivity contribution < 1.29 is 14.3 Å². The van der Waals surface area contributed by atoms with E-state index in [0.717, 1.165) is 10.2 Å². The molecule has 0 bridgehead atoms. The van der Waals surface area contributed by atoms with Crippen molar-refractivity contribution >= 4 is 50.7 Å². The standard InChI is InChI=1S/C17H14Cl2N2O3S/c1-21-15-10(19)7-9(18)8-13(15)25-17(21)20-16(22)14-11(23-2)5-4-6-12(14)24-3/h4-8H,1-3H3. The molecule has 0 spiro atoms. The fourth-order valence-corrected chi connectivity index (χ4v) is 4.33. The van der Waals surface area contributed by atoms with Gasteiger partial charge in [-0.25, -0.2) is 0 Å². The van der Waals surface area contributed by atoms with E-state index in [2.05, 4.69) is 4.99 Å². The van der Waals surface area contributed by atoms with Crippen LogP contribution in [0.3, 0.4) is 0 Å². The second kappa shape index (κ2) is 7.07. The Morgan fingerprint density at radius 1 is 1.16 bits per heavy atom. The second-order valence-corrected chi connectivity index (χ2v) is 6.99. The van der Waals surface area contributed by atoms with E-state index in [1.165, 1.54) is 25.6 Å². The van der Waals surface area contributed by atoms with E-state index in [9.17, 15) is 4.79 Å². The summed E-state index contributed by atoms with van der Waals surface area (Å²) in [5, 5.41) is 1.04. The number of hydrogen-bond acceptors (Lipinski definition) is 4. The third-order valence-corrected chi connectivity index (χ3v) is 5.24. The number of amides is 1. The van der Waals surface area contributed by atoms with Gasteiger partial charge in [-0.2, -0.15) is 4.99 Å². The summed E-state index contributed by atoms with van der Waals surface area (Å²) in [4.78, 5) is 17.5. The van der Waals surface area contributed by atoms with E-state index in [4.69, 9.17) is 32.7 Å². The van der Waals surface area contributed by atoms with E-state index >= 15 is 0 Å². The number of hydrogen-bond donors (Lipinski definition) is 0. The van der Waals surface area contributed by atoms with Gasteiger partial charge in [-0.1, -0.05) is 40.6 Å². The van der Waals surface area contributed by atoms with Crippen LogP contribution in [0.25, 0.3) is 10.2 Å². The average Bonchev–Trinajstić information content (AvgIpc) is 2.89. The zero-order chi connectivity index (χ0) is 18.1. The molecule has 0 saturated heterocycles. The first-order chi connectivity index (χ1) is 12.0. The SMILES string of the molecule is COc1cccc(OC)c1C(=O)N=c1sc2cc(Cl)cc(Cl)c2n1C. The molecule has 0 fully saturated rings. The fourth-order valence-electron chi connectivity index (χ4n) is 2.51. The van der Waals surface area contributed by atoms with Gasteiger partial charge >= 0.3 is 0 Å². The molecule has 0 aliphatic rings. The quantitative estimate of drug-likeness (QED) is 0.662. The third-order valence-electron chi connectivity index (χ3n) is 3.66. The Labute approximate surface area is 158 Å². The lowest BCUT2D eigenvalue weighted by Gasteiger charge is -2.09. The number of fused-ring (bicyclic) bond motifs is 1. The summed E-state index contributed by atoms with van der Waals surface area (Å²) in [6.45, 7) is 0. The summed E-state index contributed by atoms with van der Waals surface area (Å²) in [7, 11) is 4.78. The summed E-state index contributed by atoms with van der Waals surface area (Å²) in [5.74, 6) is 0.342. The first kappa shape index (κ1) is 17.8. The molecule has 0 unspecified atom stereocenters. The fraction of sp³-hybridized carbons (Fsp3) is 0.176. The van der Waals surface area contributed by atoms with Crippen molar-refractivity contribution in [2.75, 3.05) is 14.2 Å². The highest BCUT2D eigenvalue weighted by atomic mass is 35.5. The van der Waals surface area contributed by atoms with Crippen molar-refractivity contribution in [3.63, 3.8) is 0 Å². The molecule has 1 amide bonds. The Bertz CT molecular complexity index is 1020. The Hall–Kier alpha value is -2.02. The summed E-state index contributed by atoms with van der Waals surface area (Å²) < 4.78 is 13.1.